The zero-order valence-corrected chi connectivity index (χ0v) is 9.38. The van der Waals surface area contributed by atoms with Gasteiger partial charge in [-0.15, -0.1) is 0 Å². The van der Waals surface area contributed by atoms with Gasteiger partial charge in [0.05, 0.1) is 13.0 Å². The molecule has 0 saturated carbocycles. The van der Waals surface area contributed by atoms with E-state index in [0.717, 1.165) is 0 Å². The lowest BCUT2D eigenvalue weighted by Gasteiger charge is -2.39. The van der Waals surface area contributed by atoms with E-state index in [1.165, 1.54) is 0 Å². The fraction of sp³-hybridized carbons (Fsp3) is 0.727. The molecule has 0 aromatic heterocycles. The van der Waals surface area contributed by atoms with E-state index in [9.17, 15) is 13.6 Å². The van der Waals surface area contributed by atoms with Gasteiger partial charge in [-0.05, 0) is 12.8 Å². The molecule has 1 atom stereocenters. The number of rotatable bonds is 4. The van der Waals surface area contributed by atoms with Crippen molar-refractivity contribution in [2.75, 3.05) is 13.1 Å². The second-order valence-electron chi connectivity index (χ2n) is 4.19. The van der Waals surface area contributed by atoms with Crippen LogP contribution < -0.4 is 0 Å². The second kappa shape index (κ2) is 4.80. The second-order valence-corrected chi connectivity index (χ2v) is 4.19. The molecular formula is C11H17F2NO2. The van der Waals surface area contributed by atoms with E-state index in [0.29, 0.717) is 18.7 Å². The number of halogens is 2. The van der Waals surface area contributed by atoms with Gasteiger partial charge in [-0.25, -0.2) is 8.78 Å². The van der Waals surface area contributed by atoms with Crippen molar-refractivity contribution in [2.24, 2.45) is 5.92 Å². The average Bonchev–Trinajstić information content (AvgIpc) is 2.19. The standard InChI is InChI=1S/C11H17F2NO2/c1-3-8(2)14-5-4-9(6-10(15)16)11(12,13)7-14/h9H,2-7H2,1H3,(H,15,16). The number of alkyl halides is 2. The molecule has 0 aromatic carbocycles. The highest BCUT2D eigenvalue weighted by atomic mass is 19.3. The van der Waals surface area contributed by atoms with Gasteiger partial charge >= 0.3 is 5.97 Å². The summed E-state index contributed by atoms with van der Waals surface area (Å²) in [7, 11) is 0. The van der Waals surface area contributed by atoms with Crippen LogP contribution in [-0.4, -0.2) is 35.0 Å². The van der Waals surface area contributed by atoms with Crippen molar-refractivity contribution in [2.45, 2.75) is 32.1 Å². The molecule has 1 rings (SSSR count). The summed E-state index contributed by atoms with van der Waals surface area (Å²) in [6, 6.07) is 0. The number of carboxylic acid groups (broad SMARTS) is 1. The minimum Gasteiger partial charge on any atom is -0.481 e. The van der Waals surface area contributed by atoms with Crippen LogP contribution in [-0.2, 0) is 4.79 Å². The molecule has 0 bridgehead atoms. The van der Waals surface area contributed by atoms with Crippen LogP contribution in [0.2, 0.25) is 0 Å². The van der Waals surface area contributed by atoms with Crippen LogP contribution >= 0.6 is 0 Å². The van der Waals surface area contributed by atoms with E-state index >= 15 is 0 Å². The van der Waals surface area contributed by atoms with Gasteiger partial charge in [0.2, 0.25) is 0 Å². The van der Waals surface area contributed by atoms with E-state index in [1.54, 1.807) is 4.90 Å². The summed E-state index contributed by atoms with van der Waals surface area (Å²) in [5.74, 6) is -5.15. The summed E-state index contributed by atoms with van der Waals surface area (Å²) in [5, 5.41) is 8.55. The first-order valence-corrected chi connectivity index (χ1v) is 5.39. The maximum atomic E-state index is 13.6. The number of hydrogen-bond acceptors (Lipinski definition) is 2. The SMILES string of the molecule is C=C(CC)N1CCC(CC(=O)O)C(F)(F)C1. The van der Waals surface area contributed by atoms with Crippen LogP contribution in [0.1, 0.15) is 26.2 Å². The van der Waals surface area contributed by atoms with Gasteiger partial charge < -0.3 is 10.0 Å². The Morgan fingerprint density at radius 1 is 1.62 bits per heavy atom. The van der Waals surface area contributed by atoms with Crippen molar-refractivity contribution in [3.63, 3.8) is 0 Å². The predicted molar refractivity (Wildman–Crippen MR) is 56.3 cm³/mol. The topological polar surface area (TPSA) is 40.5 Å². The molecule has 0 aromatic rings. The molecule has 1 heterocycles. The van der Waals surface area contributed by atoms with Crippen LogP contribution in [0.4, 0.5) is 8.78 Å². The van der Waals surface area contributed by atoms with Crippen LogP contribution in [0, 0.1) is 5.92 Å². The fourth-order valence-electron chi connectivity index (χ4n) is 1.94. The number of carbonyl (C=O) groups is 1. The highest BCUT2D eigenvalue weighted by molar-refractivity contribution is 5.67. The first-order valence-electron chi connectivity index (χ1n) is 5.39. The van der Waals surface area contributed by atoms with Crippen LogP contribution in [0.25, 0.3) is 0 Å². The van der Waals surface area contributed by atoms with E-state index in [-0.39, 0.29) is 6.42 Å². The Morgan fingerprint density at radius 3 is 2.69 bits per heavy atom. The highest BCUT2D eigenvalue weighted by Crippen LogP contribution is 2.36. The van der Waals surface area contributed by atoms with Crippen molar-refractivity contribution < 1.29 is 18.7 Å². The van der Waals surface area contributed by atoms with Gasteiger partial charge in [-0.1, -0.05) is 13.5 Å². The third kappa shape index (κ3) is 2.93. The summed E-state index contributed by atoms with van der Waals surface area (Å²) in [6.45, 7) is 5.66. The number of carboxylic acids is 1. The van der Waals surface area contributed by atoms with Gasteiger partial charge in [-0.3, -0.25) is 4.79 Å². The van der Waals surface area contributed by atoms with Gasteiger partial charge in [0.15, 0.2) is 0 Å². The monoisotopic (exact) mass is 233 g/mol. The molecule has 1 fully saturated rings. The molecule has 1 N–H and O–H groups in total. The lowest BCUT2D eigenvalue weighted by atomic mass is 9.89. The first-order chi connectivity index (χ1) is 7.36. The molecule has 3 nitrogen and oxygen atoms in total. The summed E-state index contributed by atoms with van der Waals surface area (Å²) in [5.41, 5.74) is 0.688. The van der Waals surface area contributed by atoms with Crippen molar-refractivity contribution >= 4 is 5.97 Å². The fourth-order valence-corrected chi connectivity index (χ4v) is 1.94. The molecule has 5 heteroatoms. The summed E-state index contributed by atoms with van der Waals surface area (Å²) in [6.07, 6.45) is 0.386. The highest BCUT2D eigenvalue weighted by Gasteiger charge is 2.45. The van der Waals surface area contributed by atoms with Crippen molar-refractivity contribution in [1.82, 2.24) is 4.90 Å². The molecule has 0 spiro atoms. The molecule has 1 saturated heterocycles. The largest absolute Gasteiger partial charge is 0.481 e. The normalized spacial score (nSPS) is 24.2. The Bertz CT molecular complexity index is 292. The lowest BCUT2D eigenvalue weighted by molar-refractivity contribution is -0.148. The number of allylic oxidation sites excluding steroid dienone is 1. The molecule has 1 unspecified atom stereocenters. The number of nitrogens with zero attached hydrogens (tertiary/aromatic N) is 1. The van der Waals surface area contributed by atoms with E-state index in [1.807, 2.05) is 6.92 Å². The van der Waals surface area contributed by atoms with E-state index in [4.69, 9.17) is 5.11 Å². The van der Waals surface area contributed by atoms with Gasteiger partial charge in [0, 0.05) is 18.2 Å². The minimum absolute atomic E-state index is 0.207. The first kappa shape index (κ1) is 12.9. The maximum absolute atomic E-state index is 13.6. The van der Waals surface area contributed by atoms with Crippen LogP contribution in [0.3, 0.4) is 0 Å². The quantitative estimate of drug-likeness (QED) is 0.810. The molecule has 0 radical (unpaired) electrons. The summed E-state index contributed by atoms with van der Waals surface area (Å²) in [4.78, 5) is 12.0. The van der Waals surface area contributed by atoms with Crippen LogP contribution in [0.5, 0.6) is 0 Å². The van der Waals surface area contributed by atoms with Gasteiger partial charge in [-0.2, -0.15) is 0 Å². The Balaban J connectivity index is 2.65. The third-order valence-electron chi connectivity index (χ3n) is 3.02. The Kier molecular flexibility index (Phi) is 3.88. The van der Waals surface area contributed by atoms with Crippen molar-refractivity contribution in [3.8, 4) is 0 Å². The molecule has 1 aliphatic rings. The predicted octanol–water partition coefficient (Wildman–Crippen LogP) is 2.34. The number of likely N-dealkylation sites (tertiary alicyclic amines) is 1. The third-order valence-corrected chi connectivity index (χ3v) is 3.02. The van der Waals surface area contributed by atoms with Crippen molar-refractivity contribution in [1.29, 1.82) is 0 Å². The maximum Gasteiger partial charge on any atom is 0.303 e. The van der Waals surface area contributed by atoms with Gasteiger partial charge in [0.25, 0.3) is 5.92 Å². The van der Waals surface area contributed by atoms with E-state index in [2.05, 4.69) is 6.58 Å². The average molecular weight is 233 g/mol. The minimum atomic E-state index is -2.94. The zero-order valence-electron chi connectivity index (χ0n) is 9.38. The summed E-state index contributed by atoms with van der Waals surface area (Å²) >= 11 is 0. The van der Waals surface area contributed by atoms with Gasteiger partial charge in [0.1, 0.15) is 0 Å². The smallest absolute Gasteiger partial charge is 0.303 e. The zero-order chi connectivity index (χ0) is 12.3. The Morgan fingerprint density at radius 2 is 2.25 bits per heavy atom. The summed E-state index contributed by atoms with van der Waals surface area (Å²) < 4.78 is 27.3. The van der Waals surface area contributed by atoms with Crippen molar-refractivity contribution in [3.05, 3.63) is 12.3 Å². The molecule has 1 aliphatic heterocycles. The Labute approximate surface area is 93.7 Å². The lowest BCUT2D eigenvalue weighted by Crippen LogP contribution is -2.48. The number of piperidine rings is 1. The van der Waals surface area contributed by atoms with Crippen LogP contribution in [0.15, 0.2) is 12.3 Å². The molecular weight excluding hydrogens is 216 g/mol. The molecule has 16 heavy (non-hydrogen) atoms. The molecule has 92 valence electrons. The molecule has 0 amide bonds. The number of aliphatic carboxylic acids is 1. The Hall–Kier alpha value is -1.13. The number of hydrogen-bond donors (Lipinski definition) is 1. The molecule has 0 aliphatic carbocycles. The van der Waals surface area contributed by atoms with E-state index < -0.39 is 30.8 Å².